The highest BCUT2D eigenvalue weighted by atomic mass is 32.2. The third kappa shape index (κ3) is 4.56. The van der Waals surface area contributed by atoms with Gasteiger partial charge in [0, 0.05) is 5.69 Å². The number of methoxy groups -OCH3 is 1. The van der Waals surface area contributed by atoms with Crippen molar-refractivity contribution in [1.29, 1.82) is 0 Å². The Morgan fingerprint density at radius 2 is 1.94 bits per heavy atom. The lowest BCUT2D eigenvalue weighted by Gasteiger charge is -2.16. The summed E-state index contributed by atoms with van der Waals surface area (Å²) in [4.78, 5) is 14.0. The van der Waals surface area contributed by atoms with E-state index >= 15 is 0 Å². The molecule has 2 aromatic carbocycles. The van der Waals surface area contributed by atoms with Crippen molar-refractivity contribution in [3.8, 4) is 22.1 Å². The Hall–Kier alpha value is -3.10. The number of anilines is 1. The lowest BCUT2D eigenvalue weighted by Crippen LogP contribution is -2.23. The van der Waals surface area contributed by atoms with Crippen molar-refractivity contribution >= 4 is 34.7 Å². The first-order valence-electron chi connectivity index (χ1n) is 10.2. The van der Waals surface area contributed by atoms with Crippen molar-refractivity contribution in [2.45, 2.75) is 31.2 Å². The summed E-state index contributed by atoms with van der Waals surface area (Å²) in [6, 6.07) is 17.7. The number of thiophene rings is 1. The smallest absolute Gasteiger partial charge is 0.237 e. The number of carbonyl (C=O) groups is 1. The molecule has 0 fully saturated rings. The first-order chi connectivity index (χ1) is 15.5. The predicted molar refractivity (Wildman–Crippen MR) is 131 cm³/mol. The van der Waals surface area contributed by atoms with Gasteiger partial charge in [0.1, 0.15) is 5.75 Å². The summed E-state index contributed by atoms with van der Waals surface area (Å²) in [5.41, 5.74) is 3.78. The van der Waals surface area contributed by atoms with Crippen LogP contribution in [-0.4, -0.2) is 33.0 Å². The van der Waals surface area contributed by atoms with Gasteiger partial charge in [0.15, 0.2) is 11.0 Å². The van der Waals surface area contributed by atoms with E-state index in [9.17, 15) is 4.79 Å². The second-order valence-corrected chi connectivity index (χ2v) is 9.61. The number of benzene rings is 2. The lowest BCUT2D eigenvalue weighted by atomic mass is 10.1. The van der Waals surface area contributed by atoms with Crippen molar-refractivity contribution in [1.82, 2.24) is 14.8 Å². The van der Waals surface area contributed by atoms with Crippen LogP contribution in [0.5, 0.6) is 5.75 Å². The standard InChI is InChI=1S/C24H24N4O2S2/c1-15-11-12-16(2)18(14-15)25-23(29)17(3)32-24-27-26-22(21-10-7-13-31-21)28(24)19-8-5-6-9-20(19)30-4/h5-14,17H,1-4H3,(H,25,29). The van der Waals surface area contributed by atoms with E-state index in [1.165, 1.54) is 11.8 Å². The molecule has 2 aromatic heterocycles. The normalized spacial score (nSPS) is 11.9. The maximum atomic E-state index is 13.0. The molecule has 32 heavy (non-hydrogen) atoms. The van der Waals surface area contributed by atoms with Gasteiger partial charge in [-0.2, -0.15) is 0 Å². The van der Waals surface area contributed by atoms with Gasteiger partial charge in [-0.15, -0.1) is 21.5 Å². The van der Waals surface area contributed by atoms with Crippen LogP contribution < -0.4 is 10.1 Å². The van der Waals surface area contributed by atoms with Crippen LogP contribution in [0.3, 0.4) is 0 Å². The highest BCUT2D eigenvalue weighted by Crippen LogP contribution is 2.35. The number of rotatable bonds is 7. The number of hydrogen-bond donors (Lipinski definition) is 1. The summed E-state index contributed by atoms with van der Waals surface area (Å²) < 4.78 is 7.55. The minimum atomic E-state index is -0.385. The number of hydrogen-bond acceptors (Lipinski definition) is 6. The zero-order chi connectivity index (χ0) is 22.7. The Morgan fingerprint density at radius 1 is 1.12 bits per heavy atom. The number of ether oxygens (including phenoxy) is 1. The third-order valence-electron chi connectivity index (χ3n) is 5.00. The molecule has 0 saturated heterocycles. The minimum absolute atomic E-state index is 0.0871. The first-order valence-corrected chi connectivity index (χ1v) is 11.9. The maximum absolute atomic E-state index is 13.0. The number of nitrogens with one attached hydrogen (secondary N) is 1. The fourth-order valence-corrected chi connectivity index (χ4v) is 4.82. The van der Waals surface area contributed by atoms with E-state index < -0.39 is 0 Å². The second-order valence-electron chi connectivity index (χ2n) is 7.36. The van der Waals surface area contributed by atoms with Crippen LogP contribution in [0.2, 0.25) is 0 Å². The van der Waals surface area contributed by atoms with Crippen LogP contribution in [0.4, 0.5) is 5.69 Å². The molecular weight excluding hydrogens is 440 g/mol. The number of nitrogens with zero attached hydrogens (tertiary/aromatic N) is 3. The Bertz CT molecular complexity index is 1230. The highest BCUT2D eigenvalue weighted by molar-refractivity contribution is 8.00. The van der Waals surface area contributed by atoms with Gasteiger partial charge < -0.3 is 10.1 Å². The SMILES string of the molecule is COc1ccccc1-n1c(SC(C)C(=O)Nc2cc(C)ccc2C)nnc1-c1cccs1. The van der Waals surface area contributed by atoms with E-state index in [0.29, 0.717) is 16.7 Å². The van der Waals surface area contributed by atoms with Crippen LogP contribution in [0, 0.1) is 13.8 Å². The molecule has 4 rings (SSSR count). The molecule has 1 N–H and O–H groups in total. The van der Waals surface area contributed by atoms with E-state index in [0.717, 1.165) is 27.4 Å². The van der Waals surface area contributed by atoms with Crippen molar-refractivity contribution in [3.05, 3.63) is 71.1 Å². The lowest BCUT2D eigenvalue weighted by molar-refractivity contribution is -0.115. The number of aryl methyl sites for hydroxylation is 2. The van der Waals surface area contributed by atoms with Gasteiger partial charge in [-0.05, 0) is 61.5 Å². The number of aromatic nitrogens is 3. The van der Waals surface area contributed by atoms with Gasteiger partial charge in [0.25, 0.3) is 0 Å². The minimum Gasteiger partial charge on any atom is -0.495 e. The molecule has 8 heteroatoms. The molecule has 1 atom stereocenters. The molecule has 1 amide bonds. The molecule has 0 aliphatic carbocycles. The van der Waals surface area contributed by atoms with Crippen LogP contribution in [0.15, 0.2) is 65.1 Å². The van der Waals surface area contributed by atoms with E-state index in [4.69, 9.17) is 4.74 Å². The van der Waals surface area contributed by atoms with Crippen LogP contribution in [0.1, 0.15) is 18.1 Å². The molecule has 164 valence electrons. The third-order valence-corrected chi connectivity index (χ3v) is 6.91. The fourth-order valence-electron chi connectivity index (χ4n) is 3.26. The summed E-state index contributed by atoms with van der Waals surface area (Å²) in [6.45, 7) is 5.87. The molecule has 0 bridgehead atoms. The summed E-state index contributed by atoms with van der Waals surface area (Å²) >= 11 is 2.95. The average Bonchev–Trinajstić information content (AvgIpc) is 3.46. The zero-order valence-electron chi connectivity index (χ0n) is 18.3. The zero-order valence-corrected chi connectivity index (χ0v) is 20.0. The molecule has 0 spiro atoms. The summed E-state index contributed by atoms with van der Waals surface area (Å²) in [5.74, 6) is 1.34. The Balaban J connectivity index is 1.66. The number of carbonyl (C=O) groups excluding carboxylic acids is 1. The first kappa shape index (κ1) is 22.1. The Morgan fingerprint density at radius 3 is 2.69 bits per heavy atom. The Kier molecular flexibility index (Phi) is 6.62. The number of amides is 1. The molecule has 0 radical (unpaired) electrons. The van der Waals surface area contributed by atoms with E-state index in [-0.39, 0.29) is 11.2 Å². The van der Waals surface area contributed by atoms with E-state index in [2.05, 4.69) is 15.5 Å². The fraction of sp³-hybridized carbons (Fsp3) is 0.208. The number of thioether (sulfide) groups is 1. The van der Waals surface area contributed by atoms with Gasteiger partial charge in [-0.3, -0.25) is 9.36 Å². The molecule has 2 heterocycles. The monoisotopic (exact) mass is 464 g/mol. The molecule has 6 nitrogen and oxygen atoms in total. The van der Waals surface area contributed by atoms with E-state index in [1.807, 2.05) is 85.3 Å². The molecule has 0 aliphatic rings. The van der Waals surface area contributed by atoms with Crippen LogP contribution >= 0.6 is 23.1 Å². The maximum Gasteiger partial charge on any atom is 0.237 e. The van der Waals surface area contributed by atoms with Gasteiger partial charge >= 0.3 is 0 Å². The Labute approximate surface area is 195 Å². The van der Waals surface area contributed by atoms with Crippen LogP contribution in [0.25, 0.3) is 16.4 Å². The van der Waals surface area contributed by atoms with Gasteiger partial charge in [0.2, 0.25) is 5.91 Å². The van der Waals surface area contributed by atoms with Gasteiger partial charge in [-0.1, -0.05) is 42.1 Å². The van der Waals surface area contributed by atoms with Crippen LogP contribution in [-0.2, 0) is 4.79 Å². The molecule has 0 aliphatic heterocycles. The number of para-hydroxylation sites is 2. The molecular formula is C24H24N4O2S2. The molecule has 4 aromatic rings. The van der Waals surface area contributed by atoms with Crippen molar-refractivity contribution in [3.63, 3.8) is 0 Å². The quantitative estimate of drug-likeness (QED) is 0.353. The van der Waals surface area contributed by atoms with Crippen molar-refractivity contribution < 1.29 is 9.53 Å². The van der Waals surface area contributed by atoms with E-state index in [1.54, 1.807) is 18.4 Å². The predicted octanol–water partition coefficient (Wildman–Crippen LogP) is 5.74. The summed E-state index contributed by atoms with van der Waals surface area (Å²) in [5, 5.41) is 14.2. The van der Waals surface area contributed by atoms with Crippen molar-refractivity contribution in [2.24, 2.45) is 0 Å². The molecule has 1 unspecified atom stereocenters. The van der Waals surface area contributed by atoms with Crippen molar-refractivity contribution in [2.75, 3.05) is 12.4 Å². The van der Waals surface area contributed by atoms with Gasteiger partial charge in [-0.25, -0.2) is 0 Å². The van der Waals surface area contributed by atoms with Gasteiger partial charge in [0.05, 0.1) is 22.9 Å². The molecule has 0 saturated carbocycles. The summed E-state index contributed by atoms with van der Waals surface area (Å²) in [6.07, 6.45) is 0. The highest BCUT2D eigenvalue weighted by Gasteiger charge is 2.24. The largest absolute Gasteiger partial charge is 0.495 e. The second kappa shape index (κ2) is 9.58. The topological polar surface area (TPSA) is 69.0 Å². The average molecular weight is 465 g/mol. The summed E-state index contributed by atoms with van der Waals surface area (Å²) in [7, 11) is 1.64.